The van der Waals surface area contributed by atoms with Crippen molar-refractivity contribution in [3.05, 3.63) is 71.0 Å². The Kier molecular flexibility index (Phi) is 8.73. The zero-order valence-electron chi connectivity index (χ0n) is 22.0. The standard InChI is InChI=1S/C27H29F3N8O2/c1-3-20(31)24(40)23(39)18-7-5-17(6-8-18)12-33-26-36-21-10-11-22(38-15-32-14-35-38)16(2)4-9-19(21)25(37-26)34-13-27(28,29)30/h5-8,10-11,14-15,20H,3-4,9,12-13,31H2,1-2H3,(H2,33,34,36,37)/b11-10-,22-16-. The first-order valence-corrected chi connectivity index (χ1v) is 12.7. The van der Waals surface area contributed by atoms with Gasteiger partial charge < -0.3 is 16.4 Å². The minimum Gasteiger partial charge on any atom is -0.361 e. The third-order valence-corrected chi connectivity index (χ3v) is 6.41. The largest absolute Gasteiger partial charge is 0.405 e. The molecule has 4 rings (SSSR count). The van der Waals surface area contributed by atoms with Crippen molar-refractivity contribution in [3.63, 3.8) is 0 Å². The number of allylic oxidation sites excluding steroid dienone is 3. The number of alkyl halides is 3. The molecule has 1 unspecified atom stereocenters. The molecule has 210 valence electrons. The summed E-state index contributed by atoms with van der Waals surface area (Å²) in [7, 11) is 0. The maximum atomic E-state index is 13.1. The van der Waals surface area contributed by atoms with Crippen molar-refractivity contribution in [2.24, 2.45) is 5.73 Å². The van der Waals surface area contributed by atoms with Crippen molar-refractivity contribution in [2.45, 2.75) is 51.9 Å². The summed E-state index contributed by atoms with van der Waals surface area (Å²) in [4.78, 5) is 37.3. The molecule has 0 amide bonds. The molecule has 2 aromatic heterocycles. The van der Waals surface area contributed by atoms with Gasteiger partial charge in [0.1, 0.15) is 25.0 Å². The number of carbonyl (C=O) groups excluding carboxylic acids is 2. The van der Waals surface area contributed by atoms with Crippen LogP contribution in [0, 0.1) is 0 Å². The minimum absolute atomic E-state index is 0.0956. The Morgan fingerprint density at radius 2 is 1.85 bits per heavy atom. The van der Waals surface area contributed by atoms with Gasteiger partial charge in [0, 0.05) is 17.7 Å². The summed E-state index contributed by atoms with van der Waals surface area (Å²) in [6.07, 6.45) is 3.42. The van der Waals surface area contributed by atoms with Crippen LogP contribution in [0.2, 0.25) is 0 Å². The van der Waals surface area contributed by atoms with E-state index in [9.17, 15) is 22.8 Å². The van der Waals surface area contributed by atoms with Gasteiger partial charge in [-0.05, 0) is 49.5 Å². The second-order valence-corrected chi connectivity index (χ2v) is 9.33. The lowest BCUT2D eigenvalue weighted by Crippen LogP contribution is -2.35. The van der Waals surface area contributed by atoms with Gasteiger partial charge in [0.15, 0.2) is 0 Å². The molecule has 40 heavy (non-hydrogen) atoms. The maximum Gasteiger partial charge on any atom is 0.405 e. The Morgan fingerprint density at radius 1 is 1.10 bits per heavy atom. The Hall–Kier alpha value is -4.39. The lowest BCUT2D eigenvalue weighted by Gasteiger charge is -2.19. The Balaban J connectivity index is 1.57. The summed E-state index contributed by atoms with van der Waals surface area (Å²) in [5, 5.41) is 9.65. The van der Waals surface area contributed by atoms with E-state index in [-0.39, 0.29) is 23.9 Å². The molecule has 0 aliphatic heterocycles. The van der Waals surface area contributed by atoms with Crippen molar-refractivity contribution < 1.29 is 22.8 Å². The number of hydrogen-bond acceptors (Lipinski definition) is 9. The average Bonchev–Trinajstić information content (AvgIpc) is 3.46. The number of fused-ring (bicyclic) bond motifs is 1. The maximum absolute atomic E-state index is 13.1. The van der Waals surface area contributed by atoms with Crippen molar-refractivity contribution in [3.8, 4) is 0 Å². The highest BCUT2D eigenvalue weighted by molar-refractivity contribution is 6.45. The number of hydrogen-bond donors (Lipinski definition) is 3. The number of benzene rings is 1. The summed E-state index contributed by atoms with van der Waals surface area (Å²) in [6.45, 7) is 2.64. The van der Waals surface area contributed by atoms with Crippen LogP contribution in [0.25, 0.3) is 11.8 Å². The zero-order chi connectivity index (χ0) is 28.9. The third-order valence-electron chi connectivity index (χ3n) is 6.41. The van der Waals surface area contributed by atoms with Crippen LogP contribution >= 0.6 is 0 Å². The van der Waals surface area contributed by atoms with Crippen LogP contribution in [-0.4, -0.2) is 55.1 Å². The van der Waals surface area contributed by atoms with E-state index in [4.69, 9.17) is 5.73 Å². The molecule has 0 fully saturated rings. The molecule has 13 heteroatoms. The zero-order valence-corrected chi connectivity index (χ0v) is 22.0. The number of Topliss-reactive ketones (excluding diaryl/α,β-unsaturated/α-hetero) is 2. The lowest BCUT2D eigenvalue weighted by atomic mass is 9.99. The van der Waals surface area contributed by atoms with Gasteiger partial charge in [-0.15, -0.1) is 0 Å². The molecule has 10 nitrogen and oxygen atoms in total. The second kappa shape index (κ2) is 12.2. The topological polar surface area (TPSA) is 141 Å². The number of rotatable bonds is 10. The predicted octanol–water partition coefficient (Wildman–Crippen LogP) is 4.03. The Labute approximate surface area is 228 Å². The molecule has 0 saturated carbocycles. The SMILES string of the molecule is CCC(N)C(=O)C(=O)c1ccc(CNc2nc3c(c(NCC(F)(F)F)n2)CC/C(C)=C(n2cncn2)/C=C\3)cc1. The summed E-state index contributed by atoms with van der Waals surface area (Å²) in [5.41, 5.74) is 9.48. The molecule has 2 heterocycles. The predicted molar refractivity (Wildman–Crippen MR) is 144 cm³/mol. The number of nitrogens with one attached hydrogen (secondary N) is 2. The summed E-state index contributed by atoms with van der Waals surface area (Å²) >= 11 is 0. The molecule has 4 N–H and O–H groups in total. The van der Waals surface area contributed by atoms with E-state index in [2.05, 4.69) is 30.7 Å². The van der Waals surface area contributed by atoms with Gasteiger partial charge in [-0.25, -0.2) is 14.6 Å². The van der Waals surface area contributed by atoms with Crippen LogP contribution in [0.4, 0.5) is 24.9 Å². The molecular formula is C27H29F3N8O2. The van der Waals surface area contributed by atoms with Gasteiger partial charge >= 0.3 is 6.18 Å². The number of nitrogens with zero attached hydrogens (tertiary/aromatic N) is 5. The molecule has 0 bridgehead atoms. The summed E-state index contributed by atoms with van der Waals surface area (Å²) in [5.74, 6) is -1.08. The molecule has 0 radical (unpaired) electrons. The van der Waals surface area contributed by atoms with Crippen molar-refractivity contribution in [1.29, 1.82) is 0 Å². The number of nitrogens with two attached hydrogens (primary N) is 1. The van der Waals surface area contributed by atoms with Crippen LogP contribution in [0.15, 0.2) is 48.6 Å². The van der Waals surface area contributed by atoms with Gasteiger partial charge in [-0.2, -0.15) is 23.3 Å². The van der Waals surface area contributed by atoms with Gasteiger partial charge in [0.05, 0.1) is 17.4 Å². The number of aromatic nitrogens is 5. The monoisotopic (exact) mass is 554 g/mol. The van der Waals surface area contributed by atoms with E-state index in [1.165, 1.54) is 18.5 Å². The van der Waals surface area contributed by atoms with Gasteiger partial charge in [-0.1, -0.05) is 31.2 Å². The van der Waals surface area contributed by atoms with Crippen LogP contribution in [0.3, 0.4) is 0 Å². The van der Waals surface area contributed by atoms with E-state index in [0.29, 0.717) is 30.5 Å². The molecule has 1 atom stereocenters. The lowest BCUT2D eigenvalue weighted by molar-refractivity contribution is -0.116. The van der Waals surface area contributed by atoms with Crippen LogP contribution in [-0.2, 0) is 17.8 Å². The fourth-order valence-electron chi connectivity index (χ4n) is 4.09. The Morgan fingerprint density at radius 3 is 2.50 bits per heavy atom. The van der Waals surface area contributed by atoms with E-state index in [1.807, 2.05) is 6.92 Å². The van der Waals surface area contributed by atoms with Crippen LogP contribution in [0.5, 0.6) is 0 Å². The molecule has 1 aliphatic carbocycles. The van der Waals surface area contributed by atoms with Gasteiger partial charge in [-0.3, -0.25) is 9.59 Å². The molecule has 3 aromatic rings. The van der Waals surface area contributed by atoms with E-state index in [1.54, 1.807) is 42.2 Å². The second-order valence-electron chi connectivity index (χ2n) is 9.33. The van der Waals surface area contributed by atoms with Gasteiger partial charge in [0.2, 0.25) is 17.5 Å². The number of halogens is 3. The number of anilines is 2. The minimum atomic E-state index is -4.43. The van der Waals surface area contributed by atoms with E-state index in [0.717, 1.165) is 16.8 Å². The quantitative estimate of drug-likeness (QED) is 0.250. The highest BCUT2D eigenvalue weighted by Crippen LogP contribution is 2.29. The first-order valence-electron chi connectivity index (χ1n) is 12.7. The summed E-state index contributed by atoms with van der Waals surface area (Å²) in [6, 6.07) is 5.55. The molecular weight excluding hydrogens is 525 g/mol. The third kappa shape index (κ3) is 6.97. The van der Waals surface area contributed by atoms with Crippen molar-refractivity contribution >= 4 is 35.1 Å². The smallest absolute Gasteiger partial charge is 0.361 e. The van der Waals surface area contributed by atoms with E-state index < -0.39 is 30.3 Å². The molecule has 1 aliphatic rings. The van der Waals surface area contributed by atoms with E-state index >= 15 is 0 Å². The van der Waals surface area contributed by atoms with Crippen LogP contribution < -0.4 is 16.4 Å². The molecule has 0 saturated heterocycles. The normalized spacial score (nSPS) is 16.9. The fourth-order valence-corrected chi connectivity index (χ4v) is 4.09. The molecule has 1 aromatic carbocycles. The first kappa shape index (κ1) is 28.6. The van der Waals surface area contributed by atoms with Crippen molar-refractivity contribution in [2.75, 3.05) is 17.2 Å². The number of ketones is 2. The fraction of sp³-hybridized carbons (Fsp3) is 0.333. The average molecular weight is 555 g/mol. The first-order chi connectivity index (χ1) is 19.1. The van der Waals surface area contributed by atoms with Gasteiger partial charge in [0.25, 0.3) is 0 Å². The number of carbonyl (C=O) groups is 2. The highest BCUT2D eigenvalue weighted by Gasteiger charge is 2.28. The molecule has 0 spiro atoms. The van der Waals surface area contributed by atoms with Crippen LogP contribution in [0.1, 0.15) is 53.9 Å². The van der Waals surface area contributed by atoms with Crippen molar-refractivity contribution in [1.82, 2.24) is 24.7 Å². The Bertz CT molecular complexity index is 1430. The summed E-state index contributed by atoms with van der Waals surface area (Å²) < 4.78 is 40.8. The highest BCUT2D eigenvalue weighted by atomic mass is 19.4.